The van der Waals surface area contributed by atoms with Gasteiger partial charge < -0.3 is 14.0 Å². The molecular formula is C21H20N2O3S. The van der Waals surface area contributed by atoms with Crippen molar-refractivity contribution >= 4 is 27.5 Å². The van der Waals surface area contributed by atoms with E-state index in [1.165, 1.54) is 11.3 Å². The first-order valence-electron chi connectivity index (χ1n) is 8.33. The molecule has 5 nitrogen and oxygen atoms in total. The van der Waals surface area contributed by atoms with E-state index in [1.54, 1.807) is 14.2 Å². The molecule has 0 saturated heterocycles. The zero-order valence-electron chi connectivity index (χ0n) is 15.7. The maximum absolute atomic E-state index is 12.8. The number of benzene rings is 2. The van der Waals surface area contributed by atoms with Gasteiger partial charge >= 0.3 is 0 Å². The Morgan fingerprint density at radius 3 is 2.37 bits per heavy atom. The van der Waals surface area contributed by atoms with Crippen molar-refractivity contribution in [1.29, 1.82) is 0 Å². The van der Waals surface area contributed by atoms with Crippen molar-refractivity contribution < 1.29 is 14.3 Å². The number of aromatic nitrogens is 1. The number of rotatable bonds is 4. The monoisotopic (exact) mass is 380 g/mol. The van der Waals surface area contributed by atoms with Gasteiger partial charge in [-0.15, -0.1) is 6.42 Å². The molecule has 0 atom stereocenters. The number of thiazole rings is 1. The molecule has 3 aromatic rings. The van der Waals surface area contributed by atoms with Crippen molar-refractivity contribution in [3.8, 4) is 23.8 Å². The summed E-state index contributed by atoms with van der Waals surface area (Å²) in [5.41, 5.74) is 3.36. The van der Waals surface area contributed by atoms with Crippen molar-refractivity contribution in [1.82, 2.24) is 4.57 Å². The van der Waals surface area contributed by atoms with Gasteiger partial charge in [0, 0.05) is 5.56 Å². The van der Waals surface area contributed by atoms with Crippen LogP contribution >= 0.6 is 11.3 Å². The molecule has 1 aromatic heterocycles. The number of fused-ring (bicyclic) bond motifs is 1. The van der Waals surface area contributed by atoms with Crippen LogP contribution in [0.15, 0.2) is 35.3 Å². The first-order chi connectivity index (χ1) is 13.0. The van der Waals surface area contributed by atoms with E-state index < -0.39 is 0 Å². The van der Waals surface area contributed by atoms with Crippen LogP contribution in [0.1, 0.15) is 21.5 Å². The van der Waals surface area contributed by atoms with Gasteiger partial charge in [-0.1, -0.05) is 34.5 Å². The number of carbonyl (C=O) groups excluding carboxylic acids is 1. The number of methoxy groups -OCH3 is 2. The highest BCUT2D eigenvalue weighted by Crippen LogP contribution is 2.35. The molecule has 1 heterocycles. The number of aryl methyl sites for hydroxylation is 2. The average Bonchev–Trinajstić information content (AvgIpc) is 2.99. The molecular weight excluding hydrogens is 360 g/mol. The van der Waals surface area contributed by atoms with E-state index >= 15 is 0 Å². The smallest absolute Gasteiger partial charge is 0.279 e. The zero-order valence-corrected chi connectivity index (χ0v) is 16.5. The Morgan fingerprint density at radius 2 is 1.78 bits per heavy atom. The molecule has 0 radical (unpaired) electrons. The predicted octanol–water partition coefficient (Wildman–Crippen LogP) is 3.71. The van der Waals surface area contributed by atoms with E-state index in [2.05, 4.69) is 10.9 Å². The van der Waals surface area contributed by atoms with Crippen molar-refractivity contribution in [2.24, 2.45) is 4.99 Å². The number of carbonyl (C=O) groups is 1. The maximum atomic E-state index is 12.8. The number of hydrogen-bond donors (Lipinski definition) is 0. The third-order valence-corrected chi connectivity index (χ3v) is 5.20. The van der Waals surface area contributed by atoms with E-state index in [0.29, 0.717) is 21.9 Å². The number of ether oxygens (including phenoxy) is 2. The van der Waals surface area contributed by atoms with Crippen LogP contribution in [0.5, 0.6) is 11.5 Å². The first-order valence-corrected chi connectivity index (χ1v) is 9.15. The second kappa shape index (κ2) is 7.68. The molecule has 3 rings (SSSR count). The van der Waals surface area contributed by atoms with Gasteiger partial charge in [0.15, 0.2) is 4.80 Å². The Labute approximate surface area is 161 Å². The van der Waals surface area contributed by atoms with E-state index in [1.807, 2.05) is 48.7 Å². The van der Waals surface area contributed by atoms with Crippen LogP contribution in [0.3, 0.4) is 0 Å². The van der Waals surface area contributed by atoms with Crippen molar-refractivity contribution in [3.05, 3.63) is 51.8 Å². The second-order valence-corrected chi connectivity index (χ2v) is 7.09. The third kappa shape index (κ3) is 3.60. The van der Waals surface area contributed by atoms with Crippen molar-refractivity contribution in [3.63, 3.8) is 0 Å². The Bertz CT molecular complexity index is 1110. The Morgan fingerprint density at radius 1 is 1.15 bits per heavy atom. The largest absolute Gasteiger partial charge is 0.495 e. The fourth-order valence-electron chi connectivity index (χ4n) is 3.03. The predicted molar refractivity (Wildman–Crippen MR) is 108 cm³/mol. The van der Waals surface area contributed by atoms with Crippen LogP contribution in [0, 0.1) is 26.2 Å². The molecule has 1 amide bonds. The number of amides is 1. The number of terminal acetylenes is 1. The molecule has 0 bridgehead atoms. The molecule has 0 aliphatic rings. The summed E-state index contributed by atoms with van der Waals surface area (Å²) in [6, 6.07) is 9.33. The van der Waals surface area contributed by atoms with Gasteiger partial charge in [-0.3, -0.25) is 4.79 Å². The summed E-state index contributed by atoms with van der Waals surface area (Å²) in [6.07, 6.45) is 5.56. The average molecular weight is 380 g/mol. The van der Waals surface area contributed by atoms with Crippen molar-refractivity contribution in [2.75, 3.05) is 14.2 Å². The van der Waals surface area contributed by atoms with Gasteiger partial charge in [0.05, 0.1) is 20.8 Å². The minimum Gasteiger partial charge on any atom is -0.495 e. The fraction of sp³-hybridized carbons (Fsp3) is 0.238. The summed E-state index contributed by atoms with van der Waals surface area (Å²) in [5, 5.41) is 0. The minimum absolute atomic E-state index is 0.266. The molecule has 0 aliphatic heterocycles. The third-order valence-electron chi connectivity index (χ3n) is 4.11. The summed E-state index contributed by atoms with van der Waals surface area (Å²) < 4.78 is 13.6. The molecule has 0 unspecified atom stereocenters. The maximum Gasteiger partial charge on any atom is 0.279 e. The summed E-state index contributed by atoms with van der Waals surface area (Å²) in [7, 11) is 3.20. The highest BCUT2D eigenvalue weighted by molar-refractivity contribution is 7.16. The second-order valence-electron chi connectivity index (χ2n) is 6.12. The quantitative estimate of drug-likeness (QED) is 0.649. The number of nitrogens with zero attached hydrogens (tertiary/aromatic N) is 2. The molecule has 0 saturated carbocycles. The van der Waals surface area contributed by atoms with E-state index in [-0.39, 0.29) is 12.5 Å². The van der Waals surface area contributed by atoms with Gasteiger partial charge in [0.2, 0.25) is 0 Å². The van der Waals surface area contributed by atoms with Crippen molar-refractivity contribution in [2.45, 2.75) is 20.4 Å². The normalized spacial score (nSPS) is 11.4. The van der Waals surface area contributed by atoms with E-state index in [4.69, 9.17) is 15.9 Å². The summed E-state index contributed by atoms with van der Waals surface area (Å²) in [6.45, 7) is 4.18. The SMILES string of the molecule is C#CCn1c(=NC(=O)c2cc(C)cc(C)c2)sc2c(OC)ccc(OC)c21. The lowest BCUT2D eigenvalue weighted by Gasteiger charge is -2.08. The van der Waals surface area contributed by atoms with Gasteiger partial charge in [0.1, 0.15) is 21.7 Å². The summed E-state index contributed by atoms with van der Waals surface area (Å²) in [4.78, 5) is 17.6. The van der Waals surface area contributed by atoms with E-state index in [9.17, 15) is 4.79 Å². The highest BCUT2D eigenvalue weighted by Gasteiger charge is 2.16. The van der Waals surface area contributed by atoms with Crippen LogP contribution in [-0.4, -0.2) is 24.7 Å². The lowest BCUT2D eigenvalue weighted by Crippen LogP contribution is -2.17. The van der Waals surface area contributed by atoms with Gasteiger partial charge in [-0.25, -0.2) is 0 Å². The summed E-state index contributed by atoms with van der Waals surface area (Å²) in [5.74, 6) is 3.65. The lowest BCUT2D eigenvalue weighted by atomic mass is 10.1. The fourth-order valence-corrected chi connectivity index (χ4v) is 4.16. The topological polar surface area (TPSA) is 52.8 Å². The highest BCUT2D eigenvalue weighted by atomic mass is 32.1. The molecule has 0 N–H and O–H groups in total. The molecule has 0 spiro atoms. The van der Waals surface area contributed by atoms with Crippen LogP contribution in [0.2, 0.25) is 0 Å². The van der Waals surface area contributed by atoms with Crippen LogP contribution in [0.4, 0.5) is 0 Å². The Balaban J connectivity index is 2.27. The molecule has 138 valence electrons. The van der Waals surface area contributed by atoms with Crippen LogP contribution in [-0.2, 0) is 6.54 Å². The summed E-state index contributed by atoms with van der Waals surface area (Å²) >= 11 is 1.35. The van der Waals surface area contributed by atoms with Gasteiger partial charge in [0.25, 0.3) is 5.91 Å². The first kappa shape index (κ1) is 18.7. The van der Waals surface area contributed by atoms with Gasteiger partial charge in [-0.05, 0) is 38.1 Å². The van der Waals surface area contributed by atoms with Crippen LogP contribution in [0.25, 0.3) is 10.2 Å². The Hall–Kier alpha value is -3.04. The molecule has 2 aromatic carbocycles. The molecule has 6 heteroatoms. The lowest BCUT2D eigenvalue weighted by molar-refractivity contribution is 0.0997. The Kier molecular flexibility index (Phi) is 5.33. The molecule has 27 heavy (non-hydrogen) atoms. The standard InChI is InChI=1S/C21H20N2O3S/c1-6-9-23-18-16(25-4)7-8-17(26-5)19(18)27-21(23)22-20(24)15-11-13(2)10-14(3)12-15/h1,7-8,10-12H,9H2,2-5H3. The molecule has 0 aliphatic carbocycles. The van der Waals surface area contributed by atoms with Crippen LogP contribution < -0.4 is 14.3 Å². The minimum atomic E-state index is -0.308. The molecule has 0 fully saturated rings. The van der Waals surface area contributed by atoms with Gasteiger partial charge in [-0.2, -0.15) is 4.99 Å². The number of hydrogen-bond acceptors (Lipinski definition) is 4. The zero-order chi connectivity index (χ0) is 19.6. The van der Waals surface area contributed by atoms with E-state index in [0.717, 1.165) is 21.3 Å².